The lowest BCUT2D eigenvalue weighted by atomic mass is 9.96. The molecule has 182 valence electrons. The van der Waals surface area contributed by atoms with E-state index in [-0.39, 0.29) is 24.5 Å². The van der Waals surface area contributed by atoms with Crippen LogP contribution in [0.5, 0.6) is 0 Å². The monoisotopic (exact) mass is 474 g/mol. The number of hydrogen-bond donors (Lipinski definition) is 1. The van der Waals surface area contributed by atoms with Gasteiger partial charge in [-0.05, 0) is 61.8 Å². The van der Waals surface area contributed by atoms with Crippen molar-refractivity contribution in [2.45, 2.75) is 37.8 Å². The molecule has 3 aliphatic heterocycles. The minimum Gasteiger partial charge on any atom is -0.392 e. The van der Waals surface area contributed by atoms with Gasteiger partial charge in [-0.15, -0.1) is 0 Å². The largest absolute Gasteiger partial charge is 0.392 e. The number of allylic oxidation sites excluding steroid dienone is 2. The Balaban J connectivity index is 1.62. The van der Waals surface area contributed by atoms with Crippen molar-refractivity contribution in [3.8, 4) is 6.07 Å². The topological polar surface area (TPSA) is 66.3 Å². The summed E-state index contributed by atoms with van der Waals surface area (Å²) < 4.78 is 20.9. The molecule has 2 saturated heterocycles. The summed E-state index contributed by atoms with van der Waals surface area (Å²) >= 11 is 0. The molecule has 2 aromatic rings. The van der Waals surface area contributed by atoms with Crippen molar-refractivity contribution in [1.29, 1.82) is 5.26 Å². The zero-order valence-electron chi connectivity index (χ0n) is 20.4. The normalized spacial score (nSPS) is 22.6. The van der Waals surface area contributed by atoms with Gasteiger partial charge in [0.25, 0.3) is 0 Å². The molecule has 35 heavy (non-hydrogen) atoms. The third-order valence-corrected chi connectivity index (χ3v) is 7.41. The summed E-state index contributed by atoms with van der Waals surface area (Å²) in [7, 11) is 6.28. The van der Waals surface area contributed by atoms with Gasteiger partial charge >= 0.3 is 0 Å². The van der Waals surface area contributed by atoms with E-state index in [1.807, 2.05) is 43.4 Å². The molecule has 5 rings (SSSR count). The molecule has 1 N–H and O–H groups in total. The summed E-state index contributed by atoms with van der Waals surface area (Å²) in [5.74, 6) is -0.525. The Morgan fingerprint density at radius 2 is 1.80 bits per heavy atom. The summed E-state index contributed by atoms with van der Waals surface area (Å²) in [5, 5.41) is 18.7. The average molecular weight is 475 g/mol. The minimum absolute atomic E-state index is 0.0242. The van der Waals surface area contributed by atoms with Crippen LogP contribution in [-0.4, -0.2) is 72.4 Å². The number of fused-ring (bicyclic) bond motifs is 1. The van der Waals surface area contributed by atoms with Crippen LogP contribution in [0.15, 0.2) is 54.2 Å². The van der Waals surface area contributed by atoms with E-state index >= 15 is 0 Å². The van der Waals surface area contributed by atoms with Crippen LogP contribution in [0.3, 0.4) is 0 Å². The number of aliphatic hydroxyl groups excluding tert-OH is 1. The van der Waals surface area contributed by atoms with E-state index in [2.05, 4.69) is 34.9 Å². The first-order valence-electron chi connectivity index (χ1n) is 12.1. The predicted octanol–water partition coefficient (Wildman–Crippen LogP) is 3.64. The molecule has 0 spiro atoms. The molecule has 6 nitrogen and oxygen atoms in total. The van der Waals surface area contributed by atoms with Crippen LogP contribution in [0.2, 0.25) is 0 Å². The molecule has 2 atom stereocenters. The SMILES string of the molecule is CN(C)C1CCN(C2=CC(c3ccc(C#N)c(F)c3)=C(c3ccc(CO)cc3)N(C)C3OC23)CC1. The van der Waals surface area contributed by atoms with Gasteiger partial charge in [0.1, 0.15) is 18.0 Å². The lowest BCUT2D eigenvalue weighted by Crippen LogP contribution is -2.42. The van der Waals surface area contributed by atoms with Crippen molar-refractivity contribution < 1.29 is 14.2 Å². The zero-order chi connectivity index (χ0) is 24.7. The van der Waals surface area contributed by atoms with Crippen LogP contribution in [0.25, 0.3) is 11.3 Å². The van der Waals surface area contributed by atoms with E-state index in [9.17, 15) is 14.8 Å². The summed E-state index contributed by atoms with van der Waals surface area (Å²) in [6.07, 6.45) is 4.18. The van der Waals surface area contributed by atoms with Crippen molar-refractivity contribution in [2.24, 2.45) is 0 Å². The van der Waals surface area contributed by atoms with Crippen molar-refractivity contribution in [3.05, 3.63) is 82.3 Å². The summed E-state index contributed by atoms with van der Waals surface area (Å²) in [6.45, 7) is 1.87. The van der Waals surface area contributed by atoms with Crippen LogP contribution in [0.1, 0.15) is 35.1 Å². The highest BCUT2D eigenvalue weighted by atomic mass is 19.1. The number of halogens is 1. The highest BCUT2D eigenvalue weighted by molar-refractivity contribution is 5.96. The number of ether oxygens (including phenoxy) is 1. The van der Waals surface area contributed by atoms with E-state index in [1.54, 1.807) is 6.07 Å². The Morgan fingerprint density at radius 3 is 2.40 bits per heavy atom. The molecule has 7 heteroatoms. The Kier molecular flexibility index (Phi) is 6.37. The number of nitrogens with zero attached hydrogens (tertiary/aromatic N) is 4. The van der Waals surface area contributed by atoms with Gasteiger partial charge in [-0.3, -0.25) is 0 Å². The third-order valence-electron chi connectivity index (χ3n) is 7.41. The zero-order valence-corrected chi connectivity index (χ0v) is 20.4. The number of rotatable bonds is 5. The highest BCUT2D eigenvalue weighted by Gasteiger charge is 2.49. The molecular weight excluding hydrogens is 443 g/mol. The summed E-state index contributed by atoms with van der Waals surface area (Å²) in [6, 6.07) is 15.1. The van der Waals surface area contributed by atoms with Crippen molar-refractivity contribution >= 4 is 11.3 Å². The lowest BCUT2D eigenvalue weighted by Gasteiger charge is -2.37. The lowest BCUT2D eigenvalue weighted by molar-refractivity contribution is 0.163. The molecule has 3 heterocycles. The van der Waals surface area contributed by atoms with Crippen LogP contribution in [-0.2, 0) is 11.3 Å². The number of aliphatic hydroxyl groups is 1. The Bertz CT molecular complexity index is 1210. The molecule has 0 saturated carbocycles. The first-order valence-corrected chi connectivity index (χ1v) is 12.1. The van der Waals surface area contributed by atoms with Gasteiger partial charge in [0.15, 0.2) is 6.23 Å². The maximum Gasteiger partial charge on any atom is 0.163 e. The number of piperidine rings is 1. The fraction of sp³-hybridized carbons (Fsp3) is 0.393. The Labute approximate surface area is 206 Å². The molecule has 2 unspecified atom stereocenters. The second kappa shape index (κ2) is 9.46. The van der Waals surface area contributed by atoms with Crippen LogP contribution < -0.4 is 0 Å². The molecule has 0 aliphatic carbocycles. The summed E-state index contributed by atoms with van der Waals surface area (Å²) in [4.78, 5) is 6.83. The van der Waals surface area contributed by atoms with Crippen LogP contribution in [0, 0.1) is 17.1 Å². The maximum atomic E-state index is 14.7. The molecule has 0 aromatic heterocycles. The Morgan fingerprint density at radius 1 is 1.11 bits per heavy atom. The maximum absolute atomic E-state index is 14.7. The van der Waals surface area contributed by atoms with Crippen molar-refractivity contribution in [2.75, 3.05) is 34.2 Å². The van der Waals surface area contributed by atoms with E-state index in [0.717, 1.165) is 59.6 Å². The van der Waals surface area contributed by atoms with Gasteiger partial charge in [0, 0.05) is 37.4 Å². The molecule has 0 amide bonds. The molecular formula is C28H31FN4O2. The number of benzene rings is 2. The number of epoxide rings is 1. The Hall–Kier alpha value is -3.18. The van der Waals surface area contributed by atoms with E-state index < -0.39 is 5.82 Å². The number of nitriles is 1. The number of likely N-dealkylation sites (tertiary alicyclic amines) is 1. The van der Waals surface area contributed by atoms with E-state index in [0.29, 0.717) is 6.04 Å². The van der Waals surface area contributed by atoms with Crippen molar-refractivity contribution in [3.63, 3.8) is 0 Å². The first-order chi connectivity index (χ1) is 16.9. The van der Waals surface area contributed by atoms with Crippen molar-refractivity contribution in [1.82, 2.24) is 14.7 Å². The molecule has 3 aliphatic rings. The molecule has 0 bridgehead atoms. The third kappa shape index (κ3) is 4.45. The smallest absolute Gasteiger partial charge is 0.163 e. The highest BCUT2D eigenvalue weighted by Crippen LogP contribution is 2.45. The second-order valence-electron chi connectivity index (χ2n) is 9.73. The van der Waals surface area contributed by atoms with Gasteiger partial charge in [0.05, 0.1) is 17.9 Å². The quantitative estimate of drug-likeness (QED) is 0.668. The van der Waals surface area contributed by atoms with Gasteiger partial charge in [0.2, 0.25) is 0 Å². The summed E-state index contributed by atoms with van der Waals surface area (Å²) in [5.41, 5.74) is 5.50. The number of likely N-dealkylation sites (N-methyl/N-ethyl adjacent to an activating group) is 1. The van der Waals surface area contributed by atoms with E-state index in [1.165, 1.54) is 6.07 Å². The molecule has 2 fully saturated rings. The fourth-order valence-electron chi connectivity index (χ4n) is 5.26. The van der Waals surface area contributed by atoms with Gasteiger partial charge in [-0.1, -0.05) is 30.3 Å². The average Bonchev–Trinajstić information content (AvgIpc) is 3.68. The molecule has 2 aromatic carbocycles. The van der Waals surface area contributed by atoms with Crippen LogP contribution in [0.4, 0.5) is 4.39 Å². The van der Waals surface area contributed by atoms with Gasteiger partial charge < -0.3 is 24.5 Å². The van der Waals surface area contributed by atoms with Gasteiger partial charge in [-0.2, -0.15) is 5.26 Å². The standard InChI is InChI=1S/C28H31FN4O2/c1-31(2)22-10-12-33(13-11-22)25-15-23(20-8-9-21(16-30)24(29)14-20)26(32(3)28-27(25)35-28)19-6-4-18(17-34)5-7-19/h4-9,14-15,22,27-28,34H,10-13,17H2,1-3H3. The minimum atomic E-state index is -0.525. The number of hydrogen-bond acceptors (Lipinski definition) is 6. The predicted molar refractivity (Wildman–Crippen MR) is 133 cm³/mol. The van der Waals surface area contributed by atoms with E-state index in [4.69, 9.17) is 4.74 Å². The second-order valence-corrected chi connectivity index (χ2v) is 9.73. The van der Waals surface area contributed by atoms with Crippen LogP contribution >= 0.6 is 0 Å². The van der Waals surface area contributed by atoms with Gasteiger partial charge in [-0.25, -0.2) is 4.39 Å². The molecule has 0 radical (unpaired) electrons. The first kappa shape index (κ1) is 23.6. The fourth-order valence-corrected chi connectivity index (χ4v) is 5.26.